The number of nitrogens with zero attached hydrogens (tertiary/aromatic N) is 3. The first kappa shape index (κ1) is 12.6. The van der Waals surface area contributed by atoms with E-state index in [1.807, 2.05) is 13.8 Å². The maximum absolute atomic E-state index is 10.9. The topological polar surface area (TPSA) is 81.2 Å². The molecular weight excluding hydrogens is 210 g/mol. The lowest BCUT2D eigenvalue weighted by Gasteiger charge is -2.13. The second kappa shape index (κ2) is 4.61. The predicted octanol–water partition coefficient (Wildman–Crippen LogP) is 1.20. The summed E-state index contributed by atoms with van der Waals surface area (Å²) in [5.41, 5.74) is 0.879. The SMILES string of the molecule is Cc1nn(C)c(CC(O)C(C)C)c1[N+](=O)[O-]. The van der Waals surface area contributed by atoms with Crippen LogP contribution in [0.15, 0.2) is 0 Å². The Kier molecular flexibility index (Phi) is 3.64. The Hall–Kier alpha value is -1.43. The largest absolute Gasteiger partial charge is 0.392 e. The summed E-state index contributed by atoms with van der Waals surface area (Å²) in [4.78, 5) is 10.4. The van der Waals surface area contributed by atoms with Gasteiger partial charge in [-0.15, -0.1) is 0 Å². The molecule has 0 aliphatic carbocycles. The van der Waals surface area contributed by atoms with E-state index < -0.39 is 11.0 Å². The third-order valence-corrected chi connectivity index (χ3v) is 2.66. The normalized spacial score (nSPS) is 13.1. The zero-order valence-corrected chi connectivity index (χ0v) is 9.97. The molecule has 0 aliphatic rings. The van der Waals surface area contributed by atoms with Crippen molar-refractivity contribution >= 4 is 5.69 Å². The quantitative estimate of drug-likeness (QED) is 0.619. The number of rotatable bonds is 4. The van der Waals surface area contributed by atoms with Crippen LogP contribution in [-0.2, 0) is 13.5 Å². The average molecular weight is 227 g/mol. The van der Waals surface area contributed by atoms with Crippen LogP contribution in [0.5, 0.6) is 0 Å². The lowest BCUT2D eigenvalue weighted by molar-refractivity contribution is -0.386. The van der Waals surface area contributed by atoms with Gasteiger partial charge in [-0.1, -0.05) is 13.8 Å². The first-order valence-corrected chi connectivity index (χ1v) is 5.19. The molecular formula is C10H17N3O3. The number of aliphatic hydroxyl groups is 1. The van der Waals surface area contributed by atoms with Crippen molar-refractivity contribution in [2.75, 3.05) is 0 Å². The Morgan fingerprint density at radius 2 is 2.12 bits per heavy atom. The van der Waals surface area contributed by atoms with Gasteiger partial charge in [-0.05, 0) is 12.8 Å². The second-order valence-corrected chi connectivity index (χ2v) is 4.28. The molecule has 1 unspecified atom stereocenters. The maximum Gasteiger partial charge on any atom is 0.313 e. The van der Waals surface area contributed by atoms with Gasteiger partial charge in [-0.2, -0.15) is 5.10 Å². The molecule has 0 saturated heterocycles. The third kappa shape index (κ3) is 2.38. The van der Waals surface area contributed by atoms with Crippen LogP contribution >= 0.6 is 0 Å². The van der Waals surface area contributed by atoms with Crippen LogP contribution in [0.2, 0.25) is 0 Å². The molecule has 16 heavy (non-hydrogen) atoms. The molecule has 1 heterocycles. The summed E-state index contributed by atoms with van der Waals surface area (Å²) in [5.74, 6) is 0.0646. The van der Waals surface area contributed by atoms with E-state index in [9.17, 15) is 15.2 Å². The Morgan fingerprint density at radius 3 is 2.56 bits per heavy atom. The number of aromatic nitrogens is 2. The summed E-state index contributed by atoms with van der Waals surface area (Å²) in [6, 6.07) is 0. The van der Waals surface area contributed by atoms with Crippen molar-refractivity contribution in [3.63, 3.8) is 0 Å². The van der Waals surface area contributed by atoms with Crippen molar-refractivity contribution in [2.24, 2.45) is 13.0 Å². The number of nitro groups is 1. The van der Waals surface area contributed by atoms with Gasteiger partial charge < -0.3 is 5.11 Å². The Labute approximate surface area is 94.0 Å². The molecule has 0 amide bonds. The molecule has 0 spiro atoms. The van der Waals surface area contributed by atoms with Crippen LogP contribution < -0.4 is 0 Å². The molecule has 1 aromatic heterocycles. The van der Waals surface area contributed by atoms with Crippen molar-refractivity contribution in [1.29, 1.82) is 0 Å². The summed E-state index contributed by atoms with van der Waals surface area (Å²) in [5, 5.41) is 24.6. The molecule has 1 atom stereocenters. The van der Waals surface area contributed by atoms with Crippen molar-refractivity contribution in [1.82, 2.24) is 9.78 Å². The highest BCUT2D eigenvalue weighted by Crippen LogP contribution is 2.24. The van der Waals surface area contributed by atoms with E-state index in [-0.39, 0.29) is 18.0 Å². The summed E-state index contributed by atoms with van der Waals surface area (Å²) in [7, 11) is 1.66. The highest BCUT2D eigenvalue weighted by Gasteiger charge is 2.26. The van der Waals surface area contributed by atoms with E-state index in [0.29, 0.717) is 11.4 Å². The van der Waals surface area contributed by atoms with E-state index in [2.05, 4.69) is 5.10 Å². The van der Waals surface area contributed by atoms with Gasteiger partial charge in [0.15, 0.2) is 0 Å². The standard InChI is InChI=1S/C10H17N3O3/c1-6(2)9(14)5-8-10(13(15)16)7(3)11-12(8)4/h6,9,14H,5H2,1-4H3. The van der Waals surface area contributed by atoms with Gasteiger partial charge in [-0.25, -0.2) is 0 Å². The van der Waals surface area contributed by atoms with Gasteiger partial charge in [0.25, 0.3) is 0 Å². The Morgan fingerprint density at radius 1 is 1.56 bits per heavy atom. The fourth-order valence-corrected chi connectivity index (χ4v) is 1.59. The van der Waals surface area contributed by atoms with Gasteiger partial charge in [-0.3, -0.25) is 14.8 Å². The zero-order chi connectivity index (χ0) is 12.5. The van der Waals surface area contributed by atoms with E-state index in [1.165, 1.54) is 4.68 Å². The molecule has 0 saturated carbocycles. The molecule has 90 valence electrons. The minimum absolute atomic E-state index is 0.0159. The van der Waals surface area contributed by atoms with Crippen molar-refractivity contribution in [2.45, 2.75) is 33.3 Å². The Bertz CT molecular complexity index is 398. The molecule has 0 aliphatic heterocycles. The van der Waals surface area contributed by atoms with E-state index in [4.69, 9.17) is 0 Å². The lowest BCUT2D eigenvalue weighted by atomic mass is 10.0. The molecule has 6 nitrogen and oxygen atoms in total. The third-order valence-electron chi connectivity index (χ3n) is 2.66. The smallest absolute Gasteiger partial charge is 0.313 e. The monoisotopic (exact) mass is 227 g/mol. The van der Waals surface area contributed by atoms with Gasteiger partial charge in [0, 0.05) is 13.5 Å². The van der Waals surface area contributed by atoms with Gasteiger partial charge in [0.2, 0.25) is 0 Å². The minimum atomic E-state index is -0.589. The van der Waals surface area contributed by atoms with Crippen LogP contribution in [0.3, 0.4) is 0 Å². The first-order chi connectivity index (χ1) is 7.34. The van der Waals surface area contributed by atoms with Crippen molar-refractivity contribution in [3.8, 4) is 0 Å². The van der Waals surface area contributed by atoms with Gasteiger partial charge in [0.1, 0.15) is 11.4 Å². The highest BCUT2D eigenvalue weighted by molar-refractivity contribution is 5.40. The molecule has 0 aromatic carbocycles. The second-order valence-electron chi connectivity index (χ2n) is 4.28. The van der Waals surface area contributed by atoms with Crippen molar-refractivity contribution < 1.29 is 10.0 Å². The van der Waals surface area contributed by atoms with E-state index in [0.717, 1.165) is 0 Å². The molecule has 1 rings (SSSR count). The highest BCUT2D eigenvalue weighted by atomic mass is 16.6. The van der Waals surface area contributed by atoms with Crippen LogP contribution in [0.1, 0.15) is 25.2 Å². The number of hydrogen-bond donors (Lipinski definition) is 1. The fourth-order valence-electron chi connectivity index (χ4n) is 1.59. The Balaban J connectivity index is 3.07. The van der Waals surface area contributed by atoms with E-state index in [1.54, 1.807) is 14.0 Å². The zero-order valence-electron chi connectivity index (χ0n) is 9.97. The lowest BCUT2D eigenvalue weighted by Crippen LogP contribution is -2.20. The summed E-state index contributed by atoms with van der Waals surface area (Å²) in [6.45, 7) is 5.35. The molecule has 0 bridgehead atoms. The van der Waals surface area contributed by atoms with Crippen LogP contribution in [0, 0.1) is 23.0 Å². The first-order valence-electron chi connectivity index (χ1n) is 5.19. The summed E-state index contributed by atoms with van der Waals surface area (Å²) >= 11 is 0. The number of aliphatic hydroxyl groups excluding tert-OH is 1. The van der Waals surface area contributed by atoms with Gasteiger partial charge >= 0.3 is 5.69 Å². The van der Waals surface area contributed by atoms with Crippen LogP contribution in [0.4, 0.5) is 5.69 Å². The number of hydrogen-bond acceptors (Lipinski definition) is 4. The molecule has 0 fully saturated rings. The van der Waals surface area contributed by atoms with Crippen molar-refractivity contribution in [3.05, 3.63) is 21.5 Å². The summed E-state index contributed by atoms with van der Waals surface area (Å²) < 4.78 is 1.47. The molecule has 1 N–H and O–H groups in total. The fraction of sp³-hybridized carbons (Fsp3) is 0.700. The molecule has 0 radical (unpaired) electrons. The number of aryl methyl sites for hydroxylation is 2. The van der Waals surface area contributed by atoms with Gasteiger partial charge in [0.05, 0.1) is 11.0 Å². The van der Waals surface area contributed by atoms with E-state index >= 15 is 0 Å². The molecule has 1 aromatic rings. The van der Waals surface area contributed by atoms with Crippen LogP contribution in [0.25, 0.3) is 0 Å². The average Bonchev–Trinajstić information content (AvgIpc) is 2.41. The minimum Gasteiger partial charge on any atom is -0.392 e. The molecule has 6 heteroatoms. The van der Waals surface area contributed by atoms with Crippen LogP contribution in [-0.4, -0.2) is 25.9 Å². The summed E-state index contributed by atoms with van der Waals surface area (Å²) in [6.07, 6.45) is -0.334. The predicted molar refractivity (Wildman–Crippen MR) is 59.1 cm³/mol. The maximum atomic E-state index is 10.9.